The number of fused-ring (bicyclic) bond motifs is 1. The maximum atomic E-state index is 12.3. The van der Waals surface area contributed by atoms with Gasteiger partial charge in [0.2, 0.25) is 10.0 Å². The zero-order chi connectivity index (χ0) is 17.3. The van der Waals surface area contributed by atoms with Gasteiger partial charge in [-0.1, -0.05) is 29.8 Å². The molecule has 0 atom stereocenters. The van der Waals surface area contributed by atoms with E-state index in [4.69, 9.17) is 4.42 Å². The minimum atomic E-state index is -3.56. The number of rotatable bonds is 4. The smallest absolute Gasteiger partial charge is 0.336 e. The monoisotopic (exact) mass is 343 g/mol. The van der Waals surface area contributed by atoms with Gasteiger partial charge in [-0.15, -0.1) is 0 Å². The van der Waals surface area contributed by atoms with Gasteiger partial charge in [0.15, 0.2) is 0 Å². The molecule has 3 aromatic rings. The van der Waals surface area contributed by atoms with E-state index in [0.29, 0.717) is 16.8 Å². The lowest BCUT2D eigenvalue weighted by atomic mass is 10.1. The Hall–Kier alpha value is -2.60. The highest BCUT2D eigenvalue weighted by atomic mass is 32.2. The van der Waals surface area contributed by atoms with Gasteiger partial charge in [-0.05, 0) is 37.1 Å². The van der Waals surface area contributed by atoms with E-state index in [1.807, 2.05) is 19.1 Å². The van der Waals surface area contributed by atoms with Crippen LogP contribution in [0.15, 0.2) is 57.7 Å². The maximum absolute atomic E-state index is 12.3. The van der Waals surface area contributed by atoms with Crippen molar-refractivity contribution in [3.8, 4) is 0 Å². The molecule has 0 saturated carbocycles. The molecule has 6 heteroatoms. The van der Waals surface area contributed by atoms with E-state index in [0.717, 1.165) is 16.5 Å². The molecule has 0 fully saturated rings. The van der Waals surface area contributed by atoms with Crippen molar-refractivity contribution in [3.63, 3.8) is 0 Å². The van der Waals surface area contributed by atoms with Crippen molar-refractivity contribution in [2.45, 2.75) is 19.6 Å². The standard InChI is InChI=1S/C18H17NO4S/c1-12-3-5-14(6-4-12)11-24(21,22)19-15-7-8-16-13(2)9-18(20)23-17(16)10-15/h3-10,19H,11H2,1-2H3. The third-order valence-corrected chi connectivity index (χ3v) is 4.96. The Morgan fingerprint density at radius 2 is 1.71 bits per heavy atom. The van der Waals surface area contributed by atoms with Gasteiger partial charge >= 0.3 is 5.63 Å². The van der Waals surface area contributed by atoms with Crippen molar-refractivity contribution in [1.29, 1.82) is 0 Å². The van der Waals surface area contributed by atoms with Gasteiger partial charge in [0.25, 0.3) is 0 Å². The summed E-state index contributed by atoms with van der Waals surface area (Å²) >= 11 is 0. The molecule has 0 unspecified atom stereocenters. The molecular formula is C18H17NO4S. The molecule has 1 aromatic heterocycles. The van der Waals surface area contributed by atoms with E-state index in [1.165, 1.54) is 12.1 Å². The fourth-order valence-corrected chi connectivity index (χ4v) is 3.70. The van der Waals surface area contributed by atoms with Crippen LogP contribution in [0.5, 0.6) is 0 Å². The summed E-state index contributed by atoms with van der Waals surface area (Å²) in [4.78, 5) is 11.5. The second-order valence-corrected chi connectivity index (χ2v) is 7.53. The molecule has 0 amide bonds. The molecule has 0 aliphatic heterocycles. The maximum Gasteiger partial charge on any atom is 0.336 e. The van der Waals surface area contributed by atoms with Crippen molar-refractivity contribution < 1.29 is 12.8 Å². The molecule has 2 aromatic carbocycles. The largest absolute Gasteiger partial charge is 0.423 e. The van der Waals surface area contributed by atoms with E-state index >= 15 is 0 Å². The number of nitrogens with one attached hydrogen (secondary N) is 1. The van der Waals surface area contributed by atoms with Gasteiger partial charge in [0.1, 0.15) is 5.58 Å². The summed E-state index contributed by atoms with van der Waals surface area (Å²) in [6.07, 6.45) is 0. The van der Waals surface area contributed by atoms with Crippen LogP contribution < -0.4 is 10.3 Å². The number of sulfonamides is 1. The molecule has 3 rings (SSSR count). The molecule has 1 N–H and O–H groups in total. The van der Waals surface area contributed by atoms with Crippen molar-refractivity contribution in [2.24, 2.45) is 0 Å². The highest BCUT2D eigenvalue weighted by molar-refractivity contribution is 7.91. The van der Waals surface area contributed by atoms with Gasteiger partial charge in [-0.3, -0.25) is 4.72 Å². The summed E-state index contributed by atoms with van der Waals surface area (Å²) in [5.41, 5.74) is 2.83. The highest BCUT2D eigenvalue weighted by Gasteiger charge is 2.13. The minimum Gasteiger partial charge on any atom is -0.423 e. The predicted octanol–water partition coefficient (Wildman–Crippen LogP) is 3.35. The molecule has 0 spiro atoms. The van der Waals surface area contributed by atoms with Gasteiger partial charge in [-0.25, -0.2) is 13.2 Å². The fourth-order valence-electron chi connectivity index (χ4n) is 2.51. The third-order valence-electron chi connectivity index (χ3n) is 3.70. The first-order valence-corrected chi connectivity index (χ1v) is 9.08. The molecular weight excluding hydrogens is 326 g/mol. The summed E-state index contributed by atoms with van der Waals surface area (Å²) in [5.74, 6) is -0.122. The molecule has 124 valence electrons. The fraction of sp³-hybridized carbons (Fsp3) is 0.167. The molecule has 0 aliphatic carbocycles. The van der Waals surface area contributed by atoms with E-state index in [1.54, 1.807) is 31.2 Å². The van der Waals surface area contributed by atoms with Gasteiger partial charge in [0.05, 0.1) is 11.4 Å². The van der Waals surface area contributed by atoms with Crippen LogP contribution in [-0.4, -0.2) is 8.42 Å². The molecule has 0 radical (unpaired) electrons. The average molecular weight is 343 g/mol. The Morgan fingerprint density at radius 1 is 1.00 bits per heavy atom. The lowest BCUT2D eigenvalue weighted by Gasteiger charge is -2.09. The Bertz CT molecular complexity index is 1050. The number of aryl methyl sites for hydroxylation is 2. The normalized spacial score (nSPS) is 11.6. The van der Waals surface area contributed by atoms with Crippen molar-refractivity contribution >= 4 is 26.7 Å². The second kappa shape index (κ2) is 6.13. The molecule has 24 heavy (non-hydrogen) atoms. The van der Waals surface area contributed by atoms with Crippen LogP contribution in [0.3, 0.4) is 0 Å². The Balaban J connectivity index is 1.88. The van der Waals surface area contributed by atoms with Crippen LogP contribution >= 0.6 is 0 Å². The van der Waals surface area contributed by atoms with E-state index in [2.05, 4.69) is 4.72 Å². The first kappa shape index (κ1) is 16.3. The molecule has 1 heterocycles. The lowest BCUT2D eigenvalue weighted by molar-refractivity contribution is 0.560. The zero-order valence-electron chi connectivity index (χ0n) is 13.4. The van der Waals surface area contributed by atoms with E-state index in [-0.39, 0.29) is 5.75 Å². The SMILES string of the molecule is Cc1ccc(CS(=O)(=O)Nc2ccc3c(C)cc(=O)oc3c2)cc1. The molecule has 0 aliphatic rings. The number of hydrogen-bond acceptors (Lipinski definition) is 4. The predicted molar refractivity (Wildman–Crippen MR) is 94.6 cm³/mol. The zero-order valence-corrected chi connectivity index (χ0v) is 14.2. The van der Waals surface area contributed by atoms with E-state index < -0.39 is 15.6 Å². The Labute approximate surface area is 140 Å². The quantitative estimate of drug-likeness (QED) is 0.737. The molecule has 0 bridgehead atoms. The average Bonchev–Trinajstić information content (AvgIpc) is 2.48. The number of benzene rings is 2. The van der Waals surface area contributed by atoms with Crippen molar-refractivity contribution in [1.82, 2.24) is 0 Å². The molecule has 5 nitrogen and oxygen atoms in total. The van der Waals surface area contributed by atoms with Crippen molar-refractivity contribution in [2.75, 3.05) is 4.72 Å². The third kappa shape index (κ3) is 3.65. The summed E-state index contributed by atoms with van der Waals surface area (Å²) in [5, 5.41) is 0.774. The first-order chi connectivity index (χ1) is 11.3. The number of hydrogen-bond donors (Lipinski definition) is 1. The van der Waals surface area contributed by atoms with Gasteiger partial charge in [-0.2, -0.15) is 0 Å². The van der Waals surface area contributed by atoms with Crippen LogP contribution in [0, 0.1) is 13.8 Å². The summed E-state index contributed by atoms with van der Waals surface area (Å²) in [7, 11) is -3.56. The van der Waals surface area contributed by atoms with Crippen LogP contribution in [0.25, 0.3) is 11.0 Å². The van der Waals surface area contributed by atoms with E-state index in [9.17, 15) is 13.2 Å². The highest BCUT2D eigenvalue weighted by Crippen LogP contribution is 2.22. The van der Waals surface area contributed by atoms with Gasteiger partial charge < -0.3 is 4.42 Å². The number of anilines is 1. The van der Waals surface area contributed by atoms with Crippen LogP contribution in [0.1, 0.15) is 16.7 Å². The van der Waals surface area contributed by atoms with Crippen LogP contribution in [0.2, 0.25) is 0 Å². The van der Waals surface area contributed by atoms with Gasteiger partial charge in [0, 0.05) is 17.5 Å². The van der Waals surface area contributed by atoms with Crippen LogP contribution in [-0.2, 0) is 15.8 Å². The topological polar surface area (TPSA) is 76.4 Å². The molecule has 0 saturated heterocycles. The van der Waals surface area contributed by atoms with Crippen molar-refractivity contribution in [3.05, 3.63) is 75.6 Å². The first-order valence-electron chi connectivity index (χ1n) is 7.43. The Kier molecular flexibility index (Phi) is 4.15. The minimum absolute atomic E-state index is 0.122. The van der Waals surface area contributed by atoms with Crippen LogP contribution in [0.4, 0.5) is 5.69 Å². The second-order valence-electron chi connectivity index (χ2n) is 5.81. The Morgan fingerprint density at radius 3 is 2.42 bits per heavy atom. The summed E-state index contributed by atoms with van der Waals surface area (Å²) < 4.78 is 32.3. The lowest BCUT2D eigenvalue weighted by Crippen LogP contribution is -2.15. The summed E-state index contributed by atoms with van der Waals surface area (Å²) in [6.45, 7) is 3.75. The summed E-state index contributed by atoms with van der Waals surface area (Å²) in [6, 6.07) is 13.6.